The highest BCUT2D eigenvalue weighted by molar-refractivity contribution is 7.47. The van der Waals surface area contributed by atoms with Crippen LogP contribution in [0.2, 0.25) is 0 Å². The van der Waals surface area contributed by atoms with Crippen LogP contribution in [0.25, 0.3) is 11.2 Å². The van der Waals surface area contributed by atoms with Crippen LogP contribution in [0.15, 0.2) is 29.7 Å². The Balaban J connectivity index is 1.34. The van der Waals surface area contributed by atoms with E-state index in [1.807, 2.05) is 0 Å². The number of nitrogens with two attached hydrogens (primary N) is 2. The fraction of sp³-hybridized carbons (Fsp3) is 0.600. The first kappa shape index (κ1) is 33.8. The second kappa shape index (κ2) is 14.0. The molecule has 3 aromatic rings. The number of nitrogens with zero attached hydrogens (tertiary/aromatic N) is 6. The van der Waals surface area contributed by atoms with Gasteiger partial charge in [-0.25, -0.2) is 24.3 Å². The molecule has 6 N–H and O–H groups in total. The maximum Gasteiger partial charge on any atom is 0.472 e. The SMILES string of the molecule is COC[C@H]1O[C@@H](n2ccc(N)nc2=O)[C@H](OC)[C@@H]1CC(=O)NC[C@H]1O[C@@H](n2cnc3c(N)ncnc32)[C@H](OC)[C@@H]1OP(=O)(O)OC. The summed E-state index contributed by atoms with van der Waals surface area (Å²) in [7, 11) is 0.769. The first-order valence-electron chi connectivity index (χ1n) is 14.0. The molecule has 0 aromatic carbocycles. The van der Waals surface area contributed by atoms with Crippen LogP contribution >= 0.6 is 7.82 Å². The van der Waals surface area contributed by atoms with Crippen molar-refractivity contribution < 1.29 is 47.0 Å². The number of rotatable bonds is 13. The lowest BCUT2D eigenvalue weighted by Gasteiger charge is -2.25. The second-order valence-corrected chi connectivity index (χ2v) is 12.0. The molecule has 0 spiro atoms. The Morgan fingerprint density at radius 1 is 1.04 bits per heavy atom. The minimum Gasteiger partial charge on any atom is -0.383 e. The van der Waals surface area contributed by atoms with Crippen molar-refractivity contribution in [3.05, 3.63) is 35.4 Å². The van der Waals surface area contributed by atoms with Crippen molar-refractivity contribution in [2.24, 2.45) is 5.92 Å². The van der Waals surface area contributed by atoms with Crippen LogP contribution < -0.4 is 22.5 Å². The number of imidazole rings is 1. The van der Waals surface area contributed by atoms with Gasteiger partial charge in [0, 0.05) is 53.5 Å². The van der Waals surface area contributed by atoms with Crippen LogP contribution in [-0.4, -0.2) is 112 Å². The quantitative estimate of drug-likeness (QED) is 0.159. The largest absolute Gasteiger partial charge is 0.472 e. The van der Waals surface area contributed by atoms with Crippen LogP contribution in [0.4, 0.5) is 11.6 Å². The number of phosphoric ester groups is 1. The summed E-state index contributed by atoms with van der Waals surface area (Å²) in [6, 6.07) is 1.45. The number of methoxy groups -OCH3 is 3. The summed E-state index contributed by atoms with van der Waals surface area (Å²) in [6.45, 7) is -0.0572. The highest BCUT2D eigenvalue weighted by atomic mass is 31.2. The van der Waals surface area contributed by atoms with Crippen molar-refractivity contribution in [2.75, 3.05) is 53.1 Å². The fourth-order valence-electron chi connectivity index (χ4n) is 5.72. The second-order valence-electron chi connectivity index (χ2n) is 10.5. The van der Waals surface area contributed by atoms with Crippen molar-refractivity contribution in [1.29, 1.82) is 0 Å². The van der Waals surface area contributed by atoms with Crippen LogP contribution in [0.1, 0.15) is 18.9 Å². The predicted molar refractivity (Wildman–Crippen MR) is 157 cm³/mol. The van der Waals surface area contributed by atoms with Crippen LogP contribution in [0.3, 0.4) is 0 Å². The summed E-state index contributed by atoms with van der Waals surface area (Å²) in [4.78, 5) is 52.3. The summed E-state index contributed by atoms with van der Waals surface area (Å²) in [6.07, 6.45) is -2.40. The van der Waals surface area contributed by atoms with Crippen molar-refractivity contribution in [3.8, 4) is 0 Å². The van der Waals surface area contributed by atoms with Gasteiger partial charge in [0.05, 0.1) is 19.0 Å². The van der Waals surface area contributed by atoms with Crippen LogP contribution in [0.5, 0.6) is 0 Å². The normalized spacial score (nSPS) is 29.2. The topological polar surface area (TPSA) is 262 Å². The number of anilines is 2. The molecule has 252 valence electrons. The Bertz CT molecular complexity index is 1640. The molecule has 2 fully saturated rings. The minimum absolute atomic E-state index is 0.0497. The van der Waals surface area contributed by atoms with E-state index in [1.165, 1.54) is 55.4 Å². The molecule has 46 heavy (non-hydrogen) atoms. The van der Waals surface area contributed by atoms with E-state index in [4.69, 9.17) is 39.7 Å². The molecule has 0 bridgehead atoms. The zero-order valence-electron chi connectivity index (χ0n) is 25.4. The van der Waals surface area contributed by atoms with Crippen molar-refractivity contribution >= 4 is 36.5 Å². The van der Waals surface area contributed by atoms with Crippen molar-refractivity contribution in [2.45, 2.75) is 49.4 Å². The first-order valence-corrected chi connectivity index (χ1v) is 15.5. The number of amides is 1. The lowest BCUT2D eigenvalue weighted by Crippen LogP contribution is -2.43. The maximum absolute atomic E-state index is 13.4. The van der Waals surface area contributed by atoms with Gasteiger partial charge in [-0.1, -0.05) is 0 Å². The molecule has 1 amide bonds. The highest BCUT2D eigenvalue weighted by Gasteiger charge is 2.51. The van der Waals surface area contributed by atoms with Crippen LogP contribution in [0, 0.1) is 5.92 Å². The van der Waals surface area contributed by atoms with Crippen molar-refractivity contribution in [1.82, 2.24) is 34.4 Å². The molecule has 2 aliphatic rings. The number of ether oxygens (including phenoxy) is 5. The number of carbonyl (C=O) groups excluding carboxylic acids is 1. The number of nitrogen functional groups attached to an aromatic ring is 2. The number of fused-ring (bicyclic) bond motifs is 1. The summed E-state index contributed by atoms with van der Waals surface area (Å²) < 4.78 is 54.4. The fourth-order valence-corrected chi connectivity index (χ4v) is 6.37. The zero-order valence-corrected chi connectivity index (χ0v) is 26.3. The Morgan fingerprint density at radius 2 is 1.76 bits per heavy atom. The predicted octanol–water partition coefficient (Wildman–Crippen LogP) is -1.03. The number of hydrogen-bond acceptors (Lipinski definition) is 16. The Kier molecular flexibility index (Phi) is 10.3. The standard InChI is InChI=1S/C25H36N9O11P/c1-39-9-14-12(18(40-2)23(44-14)33-6-5-15(26)32-25(33)36)7-16(35)28-8-13-19(45-46(37,38)42-4)20(41-3)24(43-13)34-11-31-17-21(27)29-10-30-22(17)34/h5-6,10-14,18-20,23-24H,7-9H2,1-4H3,(H,28,35)(H,37,38)(H2,26,32,36)(H2,27,29,30)/t12-,13-,14-,18-,19-,20-,23-,24-/m1/s1. The summed E-state index contributed by atoms with van der Waals surface area (Å²) >= 11 is 0. The summed E-state index contributed by atoms with van der Waals surface area (Å²) in [5.41, 5.74) is 11.6. The van der Waals surface area contributed by atoms with Gasteiger partial charge in [0.15, 0.2) is 23.9 Å². The third-order valence-corrected chi connectivity index (χ3v) is 8.82. The van der Waals surface area contributed by atoms with Crippen molar-refractivity contribution in [3.63, 3.8) is 0 Å². The van der Waals surface area contributed by atoms with E-state index in [9.17, 15) is 19.0 Å². The number of nitrogens with one attached hydrogen (secondary N) is 1. The average molecular weight is 670 g/mol. The number of carbonyl (C=O) groups is 1. The molecule has 0 saturated carbocycles. The average Bonchev–Trinajstić information content (AvgIpc) is 3.70. The first-order chi connectivity index (χ1) is 22.0. The van der Waals surface area contributed by atoms with Gasteiger partial charge < -0.3 is 45.4 Å². The van der Waals surface area contributed by atoms with Gasteiger partial charge in [-0.2, -0.15) is 4.98 Å². The molecule has 9 atom stereocenters. The van der Waals surface area contributed by atoms with E-state index >= 15 is 0 Å². The van der Waals surface area contributed by atoms with E-state index in [0.29, 0.717) is 11.2 Å². The molecule has 5 heterocycles. The van der Waals surface area contributed by atoms with Gasteiger partial charge in [-0.15, -0.1) is 0 Å². The van der Waals surface area contributed by atoms with Gasteiger partial charge in [0.2, 0.25) is 5.91 Å². The van der Waals surface area contributed by atoms with Gasteiger partial charge >= 0.3 is 13.5 Å². The molecular weight excluding hydrogens is 633 g/mol. The van der Waals surface area contributed by atoms with Gasteiger partial charge in [-0.3, -0.25) is 23.0 Å². The van der Waals surface area contributed by atoms with Crippen LogP contribution in [-0.2, 0) is 42.1 Å². The zero-order chi connectivity index (χ0) is 33.2. The molecule has 1 unspecified atom stereocenters. The molecule has 3 aromatic heterocycles. The monoisotopic (exact) mass is 669 g/mol. The Hall–Kier alpha value is -3.59. The molecule has 21 heteroatoms. The van der Waals surface area contributed by atoms with Gasteiger partial charge in [0.1, 0.15) is 42.1 Å². The minimum atomic E-state index is -4.54. The number of phosphoric acid groups is 1. The van der Waals surface area contributed by atoms with E-state index < -0.39 is 68.3 Å². The van der Waals surface area contributed by atoms with Gasteiger partial charge in [-0.05, 0) is 6.07 Å². The van der Waals surface area contributed by atoms with E-state index in [2.05, 4.69) is 29.8 Å². The third-order valence-electron chi connectivity index (χ3n) is 7.85. The molecule has 2 saturated heterocycles. The summed E-state index contributed by atoms with van der Waals surface area (Å²) in [5.74, 6) is -0.798. The van der Waals surface area contributed by atoms with E-state index in [0.717, 1.165) is 7.11 Å². The molecule has 5 rings (SSSR count). The molecule has 0 aliphatic carbocycles. The highest BCUT2D eigenvalue weighted by Crippen LogP contribution is 2.48. The lowest BCUT2D eigenvalue weighted by molar-refractivity contribution is -0.124. The molecule has 0 radical (unpaired) electrons. The Morgan fingerprint density at radius 3 is 2.43 bits per heavy atom. The third kappa shape index (κ3) is 6.75. The maximum atomic E-state index is 13.4. The molecule has 20 nitrogen and oxygen atoms in total. The smallest absolute Gasteiger partial charge is 0.383 e. The lowest BCUT2D eigenvalue weighted by atomic mass is 9.93. The van der Waals surface area contributed by atoms with E-state index in [1.54, 1.807) is 0 Å². The van der Waals surface area contributed by atoms with E-state index in [-0.39, 0.29) is 31.2 Å². The Labute approximate surface area is 261 Å². The number of aromatic nitrogens is 6. The molecular formula is C25H36N9O11P. The van der Waals surface area contributed by atoms with Gasteiger partial charge in [0.25, 0.3) is 0 Å². The number of hydrogen-bond donors (Lipinski definition) is 4. The molecule has 2 aliphatic heterocycles. The summed E-state index contributed by atoms with van der Waals surface area (Å²) in [5, 5.41) is 2.79.